The van der Waals surface area contributed by atoms with Crippen molar-refractivity contribution in [3.63, 3.8) is 0 Å². The summed E-state index contributed by atoms with van der Waals surface area (Å²) in [6.07, 6.45) is 0.825. The van der Waals surface area contributed by atoms with Gasteiger partial charge in [0.1, 0.15) is 5.82 Å². The van der Waals surface area contributed by atoms with E-state index >= 15 is 0 Å². The third kappa shape index (κ3) is 2.81. The molecule has 0 spiro atoms. The third-order valence-electron chi connectivity index (χ3n) is 4.29. The van der Waals surface area contributed by atoms with E-state index in [9.17, 15) is 4.39 Å². The predicted octanol–water partition coefficient (Wildman–Crippen LogP) is 5.18. The molecule has 118 valence electrons. The minimum absolute atomic E-state index is 0.117. The Morgan fingerprint density at radius 1 is 0.792 bits per heavy atom. The summed E-state index contributed by atoms with van der Waals surface area (Å²) in [4.78, 5) is 0. The maximum absolute atomic E-state index is 13.3. The van der Waals surface area contributed by atoms with Crippen LogP contribution in [0.25, 0.3) is 0 Å². The van der Waals surface area contributed by atoms with Gasteiger partial charge in [0.05, 0.1) is 17.4 Å². The van der Waals surface area contributed by atoms with Crippen LogP contribution >= 0.6 is 0 Å². The molecule has 0 unspecified atom stereocenters. The molecule has 0 N–H and O–H groups in total. The summed E-state index contributed by atoms with van der Waals surface area (Å²) in [5.74, 6) is -0.235. The molecular formula is C21H17FN2. The number of halogens is 1. The molecule has 0 radical (unpaired) electrons. The third-order valence-corrected chi connectivity index (χ3v) is 4.29. The molecule has 0 aliphatic carbocycles. The van der Waals surface area contributed by atoms with E-state index in [1.807, 2.05) is 41.4 Å². The Bertz CT molecular complexity index is 842. The molecular weight excluding hydrogens is 299 g/mol. The smallest absolute Gasteiger partial charge is 0.123 e. The Morgan fingerprint density at radius 2 is 1.42 bits per heavy atom. The standard InChI is InChI=1S/C21H17FN2/c22-18-11-13-19(14-12-18)24-21(17-9-5-2-6-10-17)15-20(23-24)16-7-3-1-4-8-16/h1-14,21H,15H2/t21-/m0/s1. The summed E-state index contributed by atoms with van der Waals surface area (Å²) in [6, 6.07) is 27.2. The first-order valence-electron chi connectivity index (χ1n) is 8.04. The van der Waals surface area contributed by atoms with E-state index in [0.29, 0.717) is 0 Å². The van der Waals surface area contributed by atoms with Crippen LogP contribution in [0.3, 0.4) is 0 Å². The lowest BCUT2D eigenvalue weighted by Crippen LogP contribution is -2.18. The van der Waals surface area contributed by atoms with Gasteiger partial charge in [-0.1, -0.05) is 60.7 Å². The van der Waals surface area contributed by atoms with Crippen molar-refractivity contribution >= 4 is 11.4 Å². The first kappa shape index (κ1) is 14.6. The molecule has 1 heterocycles. The van der Waals surface area contributed by atoms with Gasteiger partial charge < -0.3 is 0 Å². The van der Waals surface area contributed by atoms with Crippen LogP contribution < -0.4 is 5.01 Å². The van der Waals surface area contributed by atoms with Crippen LogP contribution in [-0.4, -0.2) is 5.71 Å². The highest BCUT2D eigenvalue weighted by Crippen LogP contribution is 2.36. The lowest BCUT2D eigenvalue weighted by atomic mass is 9.98. The minimum Gasteiger partial charge on any atom is -0.257 e. The van der Waals surface area contributed by atoms with Gasteiger partial charge in [0.2, 0.25) is 0 Å². The van der Waals surface area contributed by atoms with E-state index in [1.165, 1.54) is 17.7 Å². The fraction of sp³-hybridized carbons (Fsp3) is 0.0952. The molecule has 1 atom stereocenters. The Hall–Kier alpha value is -2.94. The second kappa shape index (κ2) is 6.28. The molecule has 1 aliphatic heterocycles. The second-order valence-electron chi connectivity index (χ2n) is 5.86. The van der Waals surface area contributed by atoms with Crippen LogP contribution in [0.15, 0.2) is 90.0 Å². The highest BCUT2D eigenvalue weighted by atomic mass is 19.1. The highest BCUT2D eigenvalue weighted by molar-refractivity contribution is 6.03. The van der Waals surface area contributed by atoms with Crippen molar-refractivity contribution in [1.82, 2.24) is 0 Å². The number of benzene rings is 3. The molecule has 0 saturated carbocycles. The summed E-state index contributed by atoms with van der Waals surface area (Å²) in [5.41, 5.74) is 4.28. The van der Waals surface area contributed by atoms with Gasteiger partial charge in [-0.05, 0) is 35.4 Å². The van der Waals surface area contributed by atoms with Gasteiger partial charge in [0.25, 0.3) is 0 Å². The fourth-order valence-corrected chi connectivity index (χ4v) is 3.08. The molecule has 3 aromatic carbocycles. The molecule has 0 bridgehead atoms. The Labute approximate surface area is 140 Å². The van der Waals surface area contributed by atoms with Crippen LogP contribution in [0.1, 0.15) is 23.6 Å². The van der Waals surface area contributed by atoms with Crippen molar-refractivity contribution in [2.75, 3.05) is 5.01 Å². The van der Waals surface area contributed by atoms with Crippen molar-refractivity contribution in [2.24, 2.45) is 5.10 Å². The van der Waals surface area contributed by atoms with E-state index in [4.69, 9.17) is 5.10 Å². The molecule has 0 amide bonds. The van der Waals surface area contributed by atoms with Gasteiger partial charge in [-0.15, -0.1) is 0 Å². The summed E-state index contributed by atoms with van der Waals surface area (Å²) in [6.45, 7) is 0. The zero-order valence-corrected chi connectivity index (χ0v) is 13.1. The largest absolute Gasteiger partial charge is 0.257 e. The van der Waals surface area contributed by atoms with E-state index in [0.717, 1.165) is 23.4 Å². The van der Waals surface area contributed by atoms with Crippen molar-refractivity contribution in [3.05, 3.63) is 102 Å². The summed E-state index contributed by atoms with van der Waals surface area (Å²) >= 11 is 0. The Kier molecular flexibility index (Phi) is 3.83. The molecule has 2 nitrogen and oxygen atoms in total. The average molecular weight is 316 g/mol. The number of rotatable bonds is 3. The summed E-state index contributed by atoms with van der Waals surface area (Å²) in [5, 5.41) is 6.84. The zero-order chi connectivity index (χ0) is 16.4. The molecule has 0 saturated heterocycles. The van der Waals surface area contributed by atoms with Gasteiger partial charge in [0.15, 0.2) is 0 Å². The Morgan fingerprint density at radius 3 is 2.08 bits per heavy atom. The molecule has 0 aromatic heterocycles. The van der Waals surface area contributed by atoms with Gasteiger partial charge in [-0.25, -0.2) is 4.39 Å². The maximum Gasteiger partial charge on any atom is 0.123 e. The molecule has 1 aliphatic rings. The fourth-order valence-electron chi connectivity index (χ4n) is 3.08. The van der Waals surface area contributed by atoms with Crippen LogP contribution in [0.4, 0.5) is 10.1 Å². The lowest BCUT2D eigenvalue weighted by Gasteiger charge is -2.24. The lowest BCUT2D eigenvalue weighted by molar-refractivity contribution is 0.626. The summed E-state index contributed by atoms with van der Waals surface area (Å²) in [7, 11) is 0. The maximum atomic E-state index is 13.3. The zero-order valence-electron chi connectivity index (χ0n) is 13.1. The second-order valence-corrected chi connectivity index (χ2v) is 5.86. The number of nitrogens with zero attached hydrogens (tertiary/aromatic N) is 2. The van der Waals surface area contributed by atoms with Gasteiger partial charge in [-0.3, -0.25) is 5.01 Å². The van der Waals surface area contributed by atoms with Crippen LogP contribution in [0.2, 0.25) is 0 Å². The first-order chi connectivity index (χ1) is 11.8. The number of anilines is 1. The van der Waals surface area contributed by atoms with Crippen molar-refractivity contribution in [1.29, 1.82) is 0 Å². The molecule has 3 aromatic rings. The average Bonchev–Trinajstić information content (AvgIpc) is 3.09. The number of hydrogen-bond donors (Lipinski definition) is 0. The van der Waals surface area contributed by atoms with E-state index in [-0.39, 0.29) is 11.9 Å². The van der Waals surface area contributed by atoms with Crippen molar-refractivity contribution in [2.45, 2.75) is 12.5 Å². The quantitative estimate of drug-likeness (QED) is 0.650. The molecule has 0 fully saturated rings. The van der Waals surface area contributed by atoms with Gasteiger partial charge >= 0.3 is 0 Å². The van der Waals surface area contributed by atoms with Crippen molar-refractivity contribution in [3.8, 4) is 0 Å². The van der Waals surface area contributed by atoms with E-state index in [2.05, 4.69) is 24.3 Å². The number of hydrazone groups is 1. The van der Waals surface area contributed by atoms with Crippen LogP contribution in [0.5, 0.6) is 0 Å². The Balaban J connectivity index is 1.75. The number of hydrogen-bond acceptors (Lipinski definition) is 2. The van der Waals surface area contributed by atoms with Gasteiger partial charge in [-0.2, -0.15) is 5.10 Å². The molecule has 4 rings (SSSR count). The van der Waals surface area contributed by atoms with Crippen LogP contribution in [0, 0.1) is 5.82 Å². The molecule has 3 heteroatoms. The topological polar surface area (TPSA) is 15.6 Å². The van der Waals surface area contributed by atoms with E-state index in [1.54, 1.807) is 12.1 Å². The SMILES string of the molecule is Fc1ccc(N2N=C(c3ccccc3)C[C@H]2c2ccccc2)cc1. The molecule has 24 heavy (non-hydrogen) atoms. The normalized spacial score (nSPS) is 17.0. The van der Waals surface area contributed by atoms with Crippen LogP contribution in [-0.2, 0) is 0 Å². The monoisotopic (exact) mass is 316 g/mol. The first-order valence-corrected chi connectivity index (χ1v) is 8.04. The summed E-state index contributed by atoms with van der Waals surface area (Å²) < 4.78 is 13.3. The van der Waals surface area contributed by atoms with Gasteiger partial charge in [0, 0.05) is 6.42 Å². The highest BCUT2D eigenvalue weighted by Gasteiger charge is 2.29. The van der Waals surface area contributed by atoms with Crippen molar-refractivity contribution < 1.29 is 4.39 Å². The predicted molar refractivity (Wildman–Crippen MR) is 95.7 cm³/mol. The minimum atomic E-state index is -0.235. The van der Waals surface area contributed by atoms with E-state index < -0.39 is 0 Å².